The van der Waals surface area contributed by atoms with Gasteiger partial charge in [-0.05, 0) is 0 Å². The standard InChI is InChI=1S/C3H4B4N/c4-3-2-1-5-8(6-2)7-3/h2-3H,1H2. The van der Waals surface area contributed by atoms with Crippen LogP contribution in [0.1, 0.15) is 0 Å². The second kappa shape index (κ2) is 1.60. The normalized spacial score (nSPS) is 49.8. The highest BCUT2D eigenvalue weighted by atomic mass is 14.9. The third-order valence-corrected chi connectivity index (χ3v) is 1.79. The molecule has 0 aromatic carbocycles. The van der Waals surface area contributed by atoms with Crippen LogP contribution in [-0.2, 0) is 0 Å². The van der Waals surface area contributed by atoms with Gasteiger partial charge in [0.1, 0.15) is 0 Å². The maximum Gasteiger partial charge on any atom is 0.184 e. The van der Waals surface area contributed by atoms with Crippen LogP contribution >= 0.6 is 0 Å². The first-order valence-electron chi connectivity index (χ1n) is 2.92. The average Bonchev–Trinajstić information content (AvgIpc) is 2.23. The lowest BCUT2D eigenvalue weighted by molar-refractivity contribution is 0.986. The van der Waals surface area contributed by atoms with Crippen molar-refractivity contribution in [3.63, 3.8) is 0 Å². The molecular formula is C3H4B4N. The van der Waals surface area contributed by atoms with E-state index in [9.17, 15) is 0 Å². The Kier molecular flexibility index (Phi) is 1.01. The van der Waals surface area contributed by atoms with Gasteiger partial charge in [-0.15, -0.1) is 0 Å². The summed E-state index contributed by atoms with van der Waals surface area (Å²) in [5.74, 6) is 0.606. The van der Waals surface area contributed by atoms with Crippen LogP contribution in [0.4, 0.5) is 0 Å². The highest BCUT2D eigenvalue weighted by Crippen LogP contribution is 2.36. The Balaban J connectivity index is 2.11. The van der Waals surface area contributed by atoms with Crippen molar-refractivity contribution in [3.8, 4) is 0 Å². The molecule has 2 fully saturated rings. The second-order valence-corrected chi connectivity index (χ2v) is 2.40. The molecule has 0 aromatic heterocycles. The van der Waals surface area contributed by atoms with Crippen LogP contribution in [0.15, 0.2) is 0 Å². The minimum Gasteiger partial charge on any atom is -0.441 e. The van der Waals surface area contributed by atoms with Gasteiger partial charge in [-0.3, -0.25) is 0 Å². The molecule has 3 atom stereocenters. The summed E-state index contributed by atoms with van der Waals surface area (Å²) in [5, 5.41) is 0. The van der Waals surface area contributed by atoms with Crippen LogP contribution in [0, 0.1) is 0 Å². The van der Waals surface area contributed by atoms with Crippen molar-refractivity contribution in [2.75, 3.05) is 0 Å². The predicted octanol–water partition coefficient (Wildman–Crippen LogP) is -0.706. The summed E-state index contributed by atoms with van der Waals surface area (Å²) in [5.41, 5.74) is 0.292. The van der Waals surface area contributed by atoms with Crippen LogP contribution in [-0.4, -0.2) is 34.7 Å². The largest absolute Gasteiger partial charge is 0.441 e. The Labute approximate surface area is 53.4 Å². The summed E-state index contributed by atoms with van der Waals surface area (Å²) in [4.78, 5) is 0. The molecule has 0 saturated carbocycles. The zero-order valence-electron chi connectivity index (χ0n) is 4.62. The molecule has 33 valence electrons. The lowest BCUT2D eigenvalue weighted by Crippen LogP contribution is -2.27. The fraction of sp³-hybridized carbons (Fsp3) is 1.00. The SMILES string of the molecule is [B]C1[B]N2[B]CC1[B]2. The predicted molar refractivity (Wildman–Crippen MR) is 37.2 cm³/mol. The van der Waals surface area contributed by atoms with Gasteiger partial charge in [0, 0.05) is 0 Å². The summed E-state index contributed by atoms with van der Waals surface area (Å²) < 4.78 is 2.08. The van der Waals surface area contributed by atoms with E-state index >= 15 is 0 Å². The van der Waals surface area contributed by atoms with Gasteiger partial charge in [-0.1, -0.05) is 17.9 Å². The molecule has 2 aliphatic heterocycles. The molecule has 0 spiro atoms. The van der Waals surface area contributed by atoms with E-state index in [0.717, 1.165) is 6.32 Å². The van der Waals surface area contributed by atoms with Crippen molar-refractivity contribution in [3.05, 3.63) is 0 Å². The maximum absolute atomic E-state index is 5.67. The summed E-state index contributed by atoms with van der Waals surface area (Å²) in [6.07, 6.45) is 1.14. The fourth-order valence-electron chi connectivity index (χ4n) is 1.26. The average molecular weight is 97.3 g/mol. The minimum absolute atomic E-state index is 0.292. The zero-order valence-corrected chi connectivity index (χ0v) is 4.62. The van der Waals surface area contributed by atoms with Crippen molar-refractivity contribution in [2.45, 2.75) is 17.9 Å². The molecule has 1 nitrogen and oxygen atoms in total. The number of hydrogen-bond donors (Lipinski definition) is 0. The molecule has 2 rings (SSSR count). The molecule has 2 heterocycles. The Morgan fingerprint density at radius 3 is 2.62 bits per heavy atom. The molecule has 0 N–H and O–H groups in total. The molecule has 2 saturated heterocycles. The fourth-order valence-corrected chi connectivity index (χ4v) is 1.26. The van der Waals surface area contributed by atoms with Crippen LogP contribution in [0.25, 0.3) is 0 Å². The van der Waals surface area contributed by atoms with E-state index in [4.69, 9.17) is 7.85 Å². The molecule has 0 aromatic rings. The summed E-state index contributed by atoms with van der Waals surface area (Å²) >= 11 is 0. The van der Waals surface area contributed by atoms with E-state index in [1.165, 1.54) is 0 Å². The molecular weight excluding hydrogens is 93.3 g/mol. The van der Waals surface area contributed by atoms with Gasteiger partial charge < -0.3 is 4.63 Å². The van der Waals surface area contributed by atoms with Gasteiger partial charge in [-0.2, -0.15) is 0 Å². The first-order chi connectivity index (χ1) is 3.86. The van der Waals surface area contributed by atoms with Crippen molar-refractivity contribution < 1.29 is 0 Å². The van der Waals surface area contributed by atoms with Gasteiger partial charge in [0.2, 0.25) is 0 Å². The Bertz CT molecular complexity index is 105. The quantitative estimate of drug-likeness (QED) is 0.361. The van der Waals surface area contributed by atoms with E-state index in [-0.39, 0.29) is 0 Å². The Morgan fingerprint density at radius 2 is 2.38 bits per heavy atom. The smallest absolute Gasteiger partial charge is 0.184 e. The molecule has 5 heteroatoms. The number of nitrogens with zero attached hydrogens (tertiary/aromatic N) is 1. The van der Waals surface area contributed by atoms with Crippen LogP contribution in [0.5, 0.6) is 0 Å². The van der Waals surface area contributed by atoms with Crippen molar-refractivity contribution in [1.82, 2.24) is 4.63 Å². The first-order valence-corrected chi connectivity index (χ1v) is 2.92. The van der Waals surface area contributed by atoms with Crippen LogP contribution < -0.4 is 0 Å². The molecule has 2 aliphatic rings. The Morgan fingerprint density at radius 1 is 1.50 bits per heavy atom. The molecule has 0 amide bonds. The lowest BCUT2D eigenvalue weighted by Gasteiger charge is -2.16. The van der Waals surface area contributed by atoms with Gasteiger partial charge in [0.05, 0.1) is 7.85 Å². The second-order valence-electron chi connectivity index (χ2n) is 2.40. The molecule has 2 bridgehead atoms. The van der Waals surface area contributed by atoms with E-state index < -0.39 is 0 Å². The zero-order chi connectivity index (χ0) is 5.56. The Hall–Kier alpha value is 0.220. The van der Waals surface area contributed by atoms with Crippen LogP contribution in [0.2, 0.25) is 17.9 Å². The van der Waals surface area contributed by atoms with E-state index in [0.29, 0.717) is 11.5 Å². The van der Waals surface area contributed by atoms with Gasteiger partial charge in [0.15, 0.2) is 22.2 Å². The van der Waals surface area contributed by atoms with Gasteiger partial charge in [-0.25, -0.2) is 0 Å². The van der Waals surface area contributed by atoms with Gasteiger partial charge >= 0.3 is 0 Å². The monoisotopic (exact) mass is 98.1 g/mol. The summed E-state index contributed by atoms with van der Waals surface area (Å²) in [6.45, 7) is 0. The lowest BCUT2D eigenvalue weighted by atomic mass is 9.50. The topological polar surface area (TPSA) is 3.24 Å². The van der Waals surface area contributed by atoms with Crippen molar-refractivity contribution in [2.24, 2.45) is 0 Å². The summed E-state index contributed by atoms with van der Waals surface area (Å²) in [7, 11) is 12.1. The van der Waals surface area contributed by atoms with Crippen LogP contribution in [0.3, 0.4) is 0 Å². The third-order valence-electron chi connectivity index (χ3n) is 1.79. The third kappa shape index (κ3) is 0.572. The van der Waals surface area contributed by atoms with Crippen molar-refractivity contribution >= 4 is 30.1 Å². The minimum atomic E-state index is 0.292. The first kappa shape index (κ1) is 5.04. The highest BCUT2D eigenvalue weighted by molar-refractivity contribution is 6.79. The summed E-state index contributed by atoms with van der Waals surface area (Å²) in [6, 6.07) is 0. The number of fused-ring (bicyclic) bond motifs is 2. The van der Waals surface area contributed by atoms with E-state index in [2.05, 4.69) is 19.5 Å². The van der Waals surface area contributed by atoms with E-state index in [1.807, 2.05) is 7.41 Å². The van der Waals surface area contributed by atoms with Crippen molar-refractivity contribution in [1.29, 1.82) is 0 Å². The number of hydrogen-bond acceptors (Lipinski definition) is 1. The number of rotatable bonds is 0. The van der Waals surface area contributed by atoms with E-state index in [1.54, 1.807) is 0 Å². The molecule has 3 unspecified atom stereocenters. The molecule has 8 heavy (non-hydrogen) atoms. The van der Waals surface area contributed by atoms with Gasteiger partial charge in [0.25, 0.3) is 0 Å². The highest BCUT2D eigenvalue weighted by Gasteiger charge is 2.36. The molecule has 5 radical (unpaired) electrons. The maximum atomic E-state index is 5.67. The molecule has 0 aliphatic carbocycles.